The molecule has 90 valence electrons. The zero-order chi connectivity index (χ0) is 12.0. The fourth-order valence-corrected chi connectivity index (χ4v) is 1.03. The normalized spacial score (nSPS) is 11.2. The second-order valence-electron chi connectivity index (χ2n) is 2.97. The predicted octanol–water partition coefficient (Wildman–Crippen LogP) is 2.18. The first kappa shape index (κ1) is 12.6. The molecular weight excluding hydrogens is 223 g/mol. The van der Waals surface area contributed by atoms with Crippen LogP contribution in [0.15, 0.2) is 24.3 Å². The van der Waals surface area contributed by atoms with Crippen LogP contribution in [-0.4, -0.2) is 26.6 Å². The van der Waals surface area contributed by atoms with Gasteiger partial charge in [-0.3, -0.25) is 0 Å². The molecule has 0 aliphatic heterocycles. The van der Waals surface area contributed by atoms with Gasteiger partial charge in [0.15, 0.2) is 0 Å². The molecule has 6 heteroatoms. The summed E-state index contributed by atoms with van der Waals surface area (Å²) in [6.07, 6.45) is -4.68. The van der Waals surface area contributed by atoms with Gasteiger partial charge in [0.25, 0.3) is 0 Å². The third kappa shape index (κ3) is 4.88. The molecule has 0 heterocycles. The van der Waals surface area contributed by atoms with Crippen molar-refractivity contribution in [1.82, 2.24) is 5.32 Å². The first-order valence-electron chi connectivity index (χ1n) is 4.64. The Morgan fingerprint density at radius 2 is 1.94 bits per heavy atom. The second-order valence-corrected chi connectivity index (χ2v) is 2.97. The highest BCUT2D eigenvalue weighted by molar-refractivity contribution is 5.33. The fraction of sp³-hybridized carbons (Fsp3) is 0.400. The molecule has 0 atom stereocenters. The maximum Gasteiger partial charge on any atom is 0.573 e. The van der Waals surface area contributed by atoms with Crippen LogP contribution in [-0.2, 0) is 0 Å². The van der Waals surface area contributed by atoms with Crippen LogP contribution in [0.25, 0.3) is 0 Å². The molecule has 0 saturated heterocycles. The zero-order valence-electron chi connectivity index (χ0n) is 8.67. The molecule has 0 radical (unpaired) electrons. The highest BCUT2D eigenvalue weighted by Crippen LogP contribution is 2.25. The lowest BCUT2D eigenvalue weighted by Gasteiger charge is -2.10. The van der Waals surface area contributed by atoms with Gasteiger partial charge in [-0.2, -0.15) is 0 Å². The summed E-state index contributed by atoms with van der Waals surface area (Å²) >= 11 is 0. The minimum atomic E-state index is -4.68. The molecule has 0 fully saturated rings. The van der Waals surface area contributed by atoms with Crippen LogP contribution in [0, 0.1) is 0 Å². The molecule has 0 aliphatic rings. The number of hydrogen-bond acceptors (Lipinski definition) is 3. The smallest absolute Gasteiger partial charge is 0.492 e. The quantitative estimate of drug-likeness (QED) is 0.793. The van der Waals surface area contributed by atoms with Gasteiger partial charge in [0, 0.05) is 12.6 Å². The summed E-state index contributed by atoms with van der Waals surface area (Å²) < 4.78 is 44.7. The summed E-state index contributed by atoms with van der Waals surface area (Å²) in [5, 5.41) is 2.85. The molecule has 0 bridgehead atoms. The van der Waals surface area contributed by atoms with Crippen molar-refractivity contribution in [2.75, 3.05) is 20.2 Å². The van der Waals surface area contributed by atoms with E-state index in [4.69, 9.17) is 4.74 Å². The predicted molar refractivity (Wildman–Crippen MR) is 52.5 cm³/mol. The summed E-state index contributed by atoms with van der Waals surface area (Å²) in [5.41, 5.74) is 0. The van der Waals surface area contributed by atoms with E-state index in [1.165, 1.54) is 18.2 Å². The van der Waals surface area contributed by atoms with E-state index < -0.39 is 6.36 Å². The minimum Gasteiger partial charge on any atom is -0.492 e. The van der Waals surface area contributed by atoms with E-state index in [-0.39, 0.29) is 5.75 Å². The molecule has 1 aromatic carbocycles. The summed E-state index contributed by atoms with van der Waals surface area (Å²) in [5.74, 6) is 0.0615. The van der Waals surface area contributed by atoms with Crippen molar-refractivity contribution < 1.29 is 22.6 Å². The van der Waals surface area contributed by atoms with Crippen LogP contribution in [0.3, 0.4) is 0 Å². The standard InChI is InChI=1S/C10H12F3NO2/c1-14-5-6-15-8-3-2-4-9(7-8)16-10(11,12)13/h2-4,7,14H,5-6H2,1H3. The molecule has 1 aromatic rings. The van der Waals surface area contributed by atoms with Crippen molar-refractivity contribution in [2.24, 2.45) is 0 Å². The van der Waals surface area contributed by atoms with Gasteiger partial charge in [0.05, 0.1) is 0 Å². The first-order chi connectivity index (χ1) is 7.51. The van der Waals surface area contributed by atoms with Crippen LogP contribution in [0.1, 0.15) is 0 Å². The van der Waals surface area contributed by atoms with Crippen molar-refractivity contribution in [3.63, 3.8) is 0 Å². The molecule has 0 amide bonds. The van der Waals surface area contributed by atoms with Crippen molar-refractivity contribution in [2.45, 2.75) is 6.36 Å². The number of rotatable bonds is 5. The Hall–Kier alpha value is -1.43. The Bertz CT molecular complexity index is 328. The first-order valence-corrected chi connectivity index (χ1v) is 4.64. The molecule has 1 N–H and O–H groups in total. The van der Waals surface area contributed by atoms with E-state index in [9.17, 15) is 13.2 Å². The molecule has 0 saturated carbocycles. The third-order valence-corrected chi connectivity index (χ3v) is 1.66. The van der Waals surface area contributed by atoms with Crippen molar-refractivity contribution in [3.05, 3.63) is 24.3 Å². The van der Waals surface area contributed by atoms with Gasteiger partial charge in [-0.25, -0.2) is 0 Å². The number of likely N-dealkylation sites (N-methyl/N-ethyl adjacent to an activating group) is 1. The Balaban J connectivity index is 2.57. The SMILES string of the molecule is CNCCOc1cccc(OC(F)(F)F)c1. The Morgan fingerprint density at radius 1 is 1.25 bits per heavy atom. The molecule has 3 nitrogen and oxygen atoms in total. The van der Waals surface area contributed by atoms with E-state index in [0.29, 0.717) is 18.9 Å². The summed E-state index contributed by atoms with van der Waals surface area (Å²) in [4.78, 5) is 0. The number of ether oxygens (including phenoxy) is 2. The topological polar surface area (TPSA) is 30.5 Å². The van der Waals surface area contributed by atoms with Crippen LogP contribution >= 0.6 is 0 Å². The van der Waals surface area contributed by atoms with Crippen molar-refractivity contribution >= 4 is 0 Å². The largest absolute Gasteiger partial charge is 0.573 e. The maximum absolute atomic E-state index is 11.9. The highest BCUT2D eigenvalue weighted by Gasteiger charge is 2.31. The maximum atomic E-state index is 11.9. The summed E-state index contributed by atoms with van der Waals surface area (Å²) in [6.45, 7) is 0.996. The van der Waals surface area contributed by atoms with Gasteiger partial charge in [-0.05, 0) is 19.2 Å². The Morgan fingerprint density at radius 3 is 2.56 bits per heavy atom. The molecular formula is C10H12F3NO2. The monoisotopic (exact) mass is 235 g/mol. The lowest BCUT2D eigenvalue weighted by molar-refractivity contribution is -0.274. The molecule has 0 aromatic heterocycles. The lowest BCUT2D eigenvalue weighted by atomic mass is 10.3. The lowest BCUT2D eigenvalue weighted by Crippen LogP contribution is -2.17. The highest BCUT2D eigenvalue weighted by atomic mass is 19.4. The van der Waals surface area contributed by atoms with Gasteiger partial charge in [-0.1, -0.05) is 6.07 Å². The number of hydrogen-bond donors (Lipinski definition) is 1. The van der Waals surface area contributed by atoms with Crippen molar-refractivity contribution in [1.29, 1.82) is 0 Å². The number of alkyl halides is 3. The number of halogens is 3. The molecule has 16 heavy (non-hydrogen) atoms. The van der Waals surface area contributed by atoms with Crippen LogP contribution in [0.5, 0.6) is 11.5 Å². The van der Waals surface area contributed by atoms with Gasteiger partial charge in [0.1, 0.15) is 18.1 Å². The van der Waals surface area contributed by atoms with Gasteiger partial charge in [-0.15, -0.1) is 13.2 Å². The van der Waals surface area contributed by atoms with Crippen molar-refractivity contribution in [3.8, 4) is 11.5 Å². The van der Waals surface area contributed by atoms with Crippen LogP contribution in [0.4, 0.5) is 13.2 Å². The van der Waals surface area contributed by atoms with E-state index in [1.807, 2.05) is 0 Å². The van der Waals surface area contributed by atoms with Gasteiger partial charge in [0.2, 0.25) is 0 Å². The minimum absolute atomic E-state index is 0.283. The van der Waals surface area contributed by atoms with Gasteiger partial charge >= 0.3 is 6.36 Å². The second kappa shape index (κ2) is 5.60. The molecule has 0 unspecified atom stereocenters. The molecule has 0 spiro atoms. The van der Waals surface area contributed by atoms with E-state index in [2.05, 4.69) is 10.1 Å². The van der Waals surface area contributed by atoms with E-state index >= 15 is 0 Å². The van der Waals surface area contributed by atoms with E-state index in [1.54, 1.807) is 13.1 Å². The average Bonchev–Trinajstić information content (AvgIpc) is 2.16. The molecule has 0 aliphatic carbocycles. The zero-order valence-corrected chi connectivity index (χ0v) is 8.67. The van der Waals surface area contributed by atoms with E-state index in [0.717, 1.165) is 0 Å². The summed E-state index contributed by atoms with van der Waals surface area (Å²) in [7, 11) is 1.76. The number of nitrogens with one attached hydrogen (secondary N) is 1. The Kier molecular flexibility index (Phi) is 4.42. The molecule has 1 rings (SSSR count). The van der Waals surface area contributed by atoms with Gasteiger partial charge < -0.3 is 14.8 Å². The average molecular weight is 235 g/mol. The fourth-order valence-electron chi connectivity index (χ4n) is 1.03. The third-order valence-electron chi connectivity index (χ3n) is 1.66. The summed E-state index contributed by atoms with van der Waals surface area (Å²) in [6, 6.07) is 5.43. The Labute approximate surface area is 91.2 Å². The van der Waals surface area contributed by atoms with Crippen LogP contribution in [0.2, 0.25) is 0 Å². The van der Waals surface area contributed by atoms with Crippen LogP contribution < -0.4 is 14.8 Å². The number of benzene rings is 1.